The van der Waals surface area contributed by atoms with Crippen molar-refractivity contribution in [2.45, 2.75) is 44.6 Å². The standard InChI is InChI=1S/C29H34ClN3O4S/c1-4-18-31-29(35)23(3)32(19-17-24-9-6-5-7-10-24)28(34)21-33(26-12-8-11-25(30)20-26)38(36,37)27-15-13-22(2)14-16-27/h5-16,20,23H,4,17-19,21H2,1-3H3,(H,31,35). The molecule has 0 aliphatic heterocycles. The lowest BCUT2D eigenvalue weighted by atomic mass is 10.1. The minimum atomic E-state index is -4.12. The van der Waals surface area contributed by atoms with Crippen molar-refractivity contribution in [3.8, 4) is 0 Å². The molecule has 38 heavy (non-hydrogen) atoms. The molecule has 3 rings (SSSR count). The molecular weight excluding hydrogens is 522 g/mol. The Balaban J connectivity index is 1.96. The molecule has 0 aliphatic rings. The second kappa shape index (κ2) is 13.4. The van der Waals surface area contributed by atoms with Gasteiger partial charge in [-0.3, -0.25) is 13.9 Å². The van der Waals surface area contributed by atoms with Gasteiger partial charge < -0.3 is 10.2 Å². The average Bonchev–Trinajstić information content (AvgIpc) is 2.91. The van der Waals surface area contributed by atoms with Gasteiger partial charge in [0, 0.05) is 18.1 Å². The first kappa shape index (κ1) is 29.2. The van der Waals surface area contributed by atoms with Crippen LogP contribution in [0.1, 0.15) is 31.4 Å². The van der Waals surface area contributed by atoms with Crippen molar-refractivity contribution >= 4 is 39.1 Å². The molecule has 9 heteroatoms. The van der Waals surface area contributed by atoms with E-state index in [0.717, 1.165) is 21.9 Å². The lowest BCUT2D eigenvalue weighted by Crippen LogP contribution is -2.52. The number of anilines is 1. The number of hydrogen-bond donors (Lipinski definition) is 1. The molecule has 0 saturated heterocycles. The zero-order valence-electron chi connectivity index (χ0n) is 21.9. The SMILES string of the molecule is CCCNC(=O)C(C)N(CCc1ccccc1)C(=O)CN(c1cccc(Cl)c1)S(=O)(=O)c1ccc(C)cc1. The molecular formula is C29H34ClN3O4S. The summed E-state index contributed by atoms with van der Waals surface area (Å²) in [5.74, 6) is -0.778. The van der Waals surface area contributed by atoms with E-state index in [1.165, 1.54) is 23.1 Å². The van der Waals surface area contributed by atoms with E-state index >= 15 is 0 Å². The Labute approximate surface area is 230 Å². The molecule has 0 aromatic heterocycles. The smallest absolute Gasteiger partial charge is 0.264 e. The van der Waals surface area contributed by atoms with Crippen LogP contribution >= 0.6 is 11.6 Å². The number of sulfonamides is 1. The second-order valence-corrected chi connectivity index (χ2v) is 11.4. The van der Waals surface area contributed by atoms with E-state index in [9.17, 15) is 18.0 Å². The Morgan fingerprint density at radius 1 is 0.974 bits per heavy atom. The molecule has 1 N–H and O–H groups in total. The molecule has 1 unspecified atom stereocenters. The van der Waals surface area contributed by atoms with Crippen molar-refractivity contribution in [2.75, 3.05) is 23.9 Å². The summed E-state index contributed by atoms with van der Waals surface area (Å²) in [6, 6.07) is 21.6. The van der Waals surface area contributed by atoms with Crippen LogP contribution in [0.15, 0.2) is 83.8 Å². The molecule has 0 saturated carbocycles. The van der Waals surface area contributed by atoms with Crippen LogP contribution in [0, 0.1) is 6.92 Å². The topological polar surface area (TPSA) is 86.8 Å². The third-order valence-electron chi connectivity index (χ3n) is 6.18. The number of hydrogen-bond acceptors (Lipinski definition) is 4. The summed E-state index contributed by atoms with van der Waals surface area (Å²) in [5, 5.41) is 3.18. The number of nitrogens with one attached hydrogen (secondary N) is 1. The predicted molar refractivity (Wildman–Crippen MR) is 152 cm³/mol. The molecule has 2 amide bonds. The molecule has 0 heterocycles. The lowest BCUT2D eigenvalue weighted by Gasteiger charge is -2.32. The maximum absolute atomic E-state index is 13.8. The number of carbonyl (C=O) groups is 2. The third-order valence-corrected chi connectivity index (χ3v) is 8.21. The van der Waals surface area contributed by atoms with Crippen molar-refractivity contribution < 1.29 is 18.0 Å². The van der Waals surface area contributed by atoms with Gasteiger partial charge in [0.25, 0.3) is 10.0 Å². The summed E-state index contributed by atoms with van der Waals surface area (Å²) in [5.41, 5.74) is 2.18. The largest absolute Gasteiger partial charge is 0.354 e. The molecule has 0 spiro atoms. The highest BCUT2D eigenvalue weighted by Crippen LogP contribution is 2.27. The highest BCUT2D eigenvalue weighted by atomic mass is 35.5. The molecule has 0 aliphatic carbocycles. The van der Waals surface area contributed by atoms with Crippen molar-refractivity contribution in [2.24, 2.45) is 0 Å². The van der Waals surface area contributed by atoms with Gasteiger partial charge in [-0.05, 0) is 62.6 Å². The van der Waals surface area contributed by atoms with Crippen LogP contribution in [-0.2, 0) is 26.0 Å². The van der Waals surface area contributed by atoms with Gasteiger partial charge in [-0.15, -0.1) is 0 Å². The fourth-order valence-electron chi connectivity index (χ4n) is 3.96. The predicted octanol–water partition coefficient (Wildman–Crippen LogP) is 4.83. The zero-order chi connectivity index (χ0) is 27.7. The van der Waals surface area contributed by atoms with Crippen molar-refractivity contribution in [3.63, 3.8) is 0 Å². The van der Waals surface area contributed by atoms with Crippen LogP contribution < -0.4 is 9.62 Å². The Morgan fingerprint density at radius 2 is 1.66 bits per heavy atom. The Bertz CT molecular complexity index is 1330. The summed E-state index contributed by atoms with van der Waals surface area (Å²) in [7, 11) is -4.12. The van der Waals surface area contributed by atoms with E-state index in [1.807, 2.05) is 44.2 Å². The average molecular weight is 556 g/mol. The van der Waals surface area contributed by atoms with Crippen LogP contribution in [0.4, 0.5) is 5.69 Å². The molecule has 7 nitrogen and oxygen atoms in total. The highest BCUT2D eigenvalue weighted by Gasteiger charge is 2.32. The zero-order valence-corrected chi connectivity index (χ0v) is 23.5. The Kier molecular flexibility index (Phi) is 10.3. The van der Waals surface area contributed by atoms with Crippen molar-refractivity contribution in [3.05, 3.63) is 95.0 Å². The van der Waals surface area contributed by atoms with E-state index in [4.69, 9.17) is 11.6 Å². The van der Waals surface area contributed by atoms with Gasteiger partial charge in [-0.25, -0.2) is 8.42 Å². The van der Waals surface area contributed by atoms with E-state index < -0.39 is 28.5 Å². The number of halogens is 1. The minimum Gasteiger partial charge on any atom is -0.354 e. The van der Waals surface area contributed by atoms with Gasteiger partial charge in [-0.2, -0.15) is 0 Å². The molecule has 0 bridgehead atoms. The van der Waals surface area contributed by atoms with Crippen LogP contribution in [0.5, 0.6) is 0 Å². The van der Waals surface area contributed by atoms with E-state index in [2.05, 4.69) is 5.32 Å². The minimum absolute atomic E-state index is 0.0560. The molecule has 202 valence electrons. The maximum atomic E-state index is 13.8. The van der Waals surface area contributed by atoms with Crippen LogP contribution in [0.2, 0.25) is 5.02 Å². The molecule has 3 aromatic rings. The quantitative estimate of drug-likeness (QED) is 0.347. The Hall–Kier alpha value is -3.36. The first-order valence-electron chi connectivity index (χ1n) is 12.6. The van der Waals surface area contributed by atoms with Gasteiger partial charge in [0.1, 0.15) is 12.6 Å². The van der Waals surface area contributed by atoms with E-state index in [0.29, 0.717) is 18.0 Å². The molecule has 0 radical (unpaired) electrons. The fraction of sp³-hybridized carbons (Fsp3) is 0.310. The van der Waals surface area contributed by atoms with Crippen molar-refractivity contribution in [1.82, 2.24) is 10.2 Å². The van der Waals surface area contributed by atoms with Crippen LogP contribution in [-0.4, -0.2) is 50.8 Å². The maximum Gasteiger partial charge on any atom is 0.264 e. The summed E-state index contributed by atoms with van der Waals surface area (Å²) in [6.07, 6.45) is 1.27. The summed E-state index contributed by atoms with van der Waals surface area (Å²) >= 11 is 6.19. The summed E-state index contributed by atoms with van der Waals surface area (Å²) in [6.45, 7) is 5.72. The van der Waals surface area contributed by atoms with Crippen molar-refractivity contribution in [1.29, 1.82) is 0 Å². The highest BCUT2D eigenvalue weighted by molar-refractivity contribution is 7.92. The first-order valence-corrected chi connectivity index (χ1v) is 14.4. The van der Waals surface area contributed by atoms with Gasteiger partial charge in [-0.1, -0.05) is 72.6 Å². The number of rotatable bonds is 12. The van der Waals surface area contributed by atoms with Crippen LogP contribution in [0.3, 0.4) is 0 Å². The number of nitrogens with zero attached hydrogens (tertiary/aromatic N) is 2. The number of benzene rings is 3. The molecule has 1 atom stereocenters. The Morgan fingerprint density at radius 3 is 2.29 bits per heavy atom. The lowest BCUT2D eigenvalue weighted by molar-refractivity contribution is -0.138. The van der Waals surface area contributed by atoms with Gasteiger partial charge in [0.15, 0.2) is 0 Å². The fourth-order valence-corrected chi connectivity index (χ4v) is 5.55. The van der Waals surface area contributed by atoms with E-state index in [-0.39, 0.29) is 23.0 Å². The van der Waals surface area contributed by atoms with E-state index in [1.54, 1.807) is 37.3 Å². The number of carbonyl (C=O) groups excluding carboxylic acids is 2. The second-order valence-electron chi connectivity index (χ2n) is 9.09. The summed E-state index contributed by atoms with van der Waals surface area (Å²) < 4.78 is 28.6. The van der Waals surface area contributed by atoms with Gasteiger partial charge in [0.2, 0.25) is 11.8 Å². The summed E-state index contributed by atoms with van der Waals surface area (Å²) in [4.78, 5) is 28.1. The van der Waals surface area contributed by atoms with Gasteiger partial charge in [0.05, 0.1) is 10.6 Å². The van der Waals surface area contributed by atoms with Crippen LogP contribution in [0.25, 0.3) is 0 Å². The van der Waals surface area contributed by atoms with Gasteiger partial charge >= 0.3 is 0 Å². The molecule has 0 fully saturated rings. The number of amides is 2. The third kappa shape index (κ3) is 7.58. The monoisotopic (exact) mass is 555 g/mol. The molecule has 3 aromatic carbocycles. The number of aryl methyl sites for hydroxylation is 1. The first-order chi connectivity index (χ1) is 18.1. The normalized spacial score (nSPS) is 12.0.